The van der Waals surface area contributed by atoms with Crippen molar-refractivity contribution in [2.24, 2.45) is 29.6 Å². The van der Waals surface area contributed by atoms with Crippen LogP contribution in [0.1, 0.15) is 38.5 Å². The van der Waals surface area contributed by atoms with Crippen LogP contribution < -0.4 is 5.32 Å². The first-order valence-electron chi connectivity index (χ1n) is 7.18. The van der Waals surface area contributed by atoms with Crippen LogP contribution >= 0.6 is 0 Å². The van der Waals surface area contributed by atoms with Gasteiger partial charge in [0.15, 0.2) is 0 Å². The first-order valence-corrected chi connectivity index (χ1v) is 7.18. The second-order valence-electron chi connectivity index (χ2n) is 6.16. The maximum atomic E-state index is 12.0. The van der Waals surface area contributed by atoms with E-state index < -0.39 is 5.97 Å². The lowest BCUT2D eigenvalue weighted by atomic mass is 10.0. The maximum absolute atomic E-state index is 12.0. The van der Waals surface area contributed by atoms with Gasteiger partial charge < -0.3 is 10.4 Å². The molecule has 18 heavy (non-hydrogen) atoms. The largest absolute Gasteiger partial charge is 0.481 e. The fourth-order valence-corrected chi connectivity index (χ4v) is 4.41. The smallest absolute Gasteiger partial charge is 0.303 e. The van der Waals surface area contributed by atoms with Gasteiger partial charge in [0, 0.05) is 18.9 Å². The van der Waals surface area contributed by atoms with Crippen LogP contribution in [0.3, 0.4) is 0 Å². The third-order valence-corrected chi connectivity index (χ3v) is 5.15. The van der Waals surface area contributed by atoms with Gasteiger partial charge in [0.2, 0.25) is 5.91 Å². The van der Waals surface area contributed by atoms with Crippen molar-refractivity contribution >= 4 is 11.9 Å². The Morgan fingerprint density at radius 1 is 1.11 bits per heavy atom. The molecule has 3 fully saturated rings. The van der Waals surface area contributed by atoms with E-state index in [0.717, 1.165) is 18.3 Å². The van der Waals surface area contributed by atoms with Crippen molar-refractivity contribution in [2.75, 3.05) is 6.54 Å². The molecule has 0 radical (unpaired) electrons. The Morgan fingerprint density at radius 2 is 1.78 bits per heavy atom. The first-order chi connectivity index (χ1) is 8.68. The summed E-state index contributed by atoms with van der Waals surface area (Å²) >= 11 is 0. The highest BCUT2D eigenvalue weighted by molar-refractivity contribution is 5.82. The topological polar surface area (TPSA) is 66.4 Å². The van der Waals surface area contributed by atoms with Crippen molar-refractivity contribution in [3.05, 3.63) is 0 Å². The minimum atomic E-state index is -0.755. The van der Waals surface area contributed by atoms with Crippen molar-refractivity contribution in [1.29, 1.82) is 0 Å². The molecule has 4 atom stereocenters. The highest BCUT2D eigenvalue weighted by Gasteiger charge is 2.67. The second kappa shape index (κ2) is 4.56. The third-order valence-electron chi connectivity index (χ3n) is 5.15. The summed E-state index contributed by atoms with van der Waals surface area (Å²) < 4.78 is 0. The highest BCUT2D eigenvalue weighted by Crippen LogP contribution is 2.69. The number of carboxylic acids is 1. The number of nitrogens with one attached hydrogen (secondary N) is 1. The Kier molecular flexibility index (Phi) is 3.04. The molecule has 0 spiro atoms. The number of rotatable bonds is 6. The lowest BCUT2D eigenvalue weighted by Gasteiger charge is -2.09. The van der Waals surface area contributed by atoms with Gasteiger partial charge in [-0.25, -0.2) is 0 Å². The summed E-state index contributed by atoms with van der Waals surface area (Å²) in [6, 6.07) is 0. The van der Waals surface area contributed by atoms with Gasteiger partial charge in [0.05, 0.1) is 0 Å². The van der Waals surface area contributed by atoms with E-state index in [4.69, 9.17) is 5.11 Å². The molecule has 0 saturated heterocycles. The van der Waals surface area contributed by atoms with E-state index in [1.165, 1.54) is 19.3 Å². The number of carboxylic acid groups (broad SMARTS) is 1. The molecule has 4 unspecified atom stereocenters. The van der Waals surface area contributed by atoms with Crippen molar-refractivity contribution in [2.45, 2.75) is 38.5 Å². The molecule has 100 valence electrons. The monoisotopic (exact) mass is 251 g/mol. The molecule has 2 N–H and O–H groups in total. The number of carbonyl (C=O) groups is 2. The number of hydrogen-bond donors (Lipinski definition) is 2. The van der Waals surface area contributed by atoms with Crippen molar-refractivity contribution in [3.8, 4) is 0 Å². The zero-order valence-corrected chi connectivity index (χ0v) is 10.6. The molecule has 4 heteroatoms. The summed E-state index contributed by atoms with van der Waals surface area (Å²) in [4.78, 5) is 22.3. The van der Waals surface area contributed by atoms with E-state index in [2.05, 4.69) is 5.32 Å². The quantitative estimate of drug-likeness (QED) is 0.705. The van der Waals surface area contributed by atoms with Crippen molar-refractivity contribution in [1.82, 2.24) is 5.32 Å². The molecule has 0 aromatic carbocycles. The summed E-state index contributed by atoms with van der Waals surface area (Å²) in [6.45, 7) is 0.636. The molecule has 3 rings (SSSR count). The molecule has 0 aliphatic heterocycles. The van der Waals surface area contributed by atoms with E-state index in [-0.39, 0.29) is 12.3 Å². The lowest BCUT2D eigenvalue weighted by molar-refractivity contribution is -0.137. The van der Waals surface area contributed by atoms with Crippen molar-refractivity contribution < 1.29 is 14.7 Å². The zero-order chi connectivity index (χ0) is 12.7. The molecular weight excluding hydrogens is 230 g/mol. The molecule has 1 amide bonds. The molecule has 3 saturated carbocycles. The Labute approximate surface area is 107 Å². The Morgan fingerprint density at radius 3 is 2.39 bits per heavy atom. The van der Waals surface area contributed by atoms with E-state index in [0.29, 0.717) is 30.7 Å². The average molecular weight is 251 g/mol. The van der Waals surface area contributed by atoms with Gasteiger partial charge in [-0.1, -0.05) is 0 Å². The minimum Gasteiger partial charge on any atom is -0.481 e. The first kappa shape index (κ1) is 12.0. The van der Waals surface area contributed by atoms with Gasteiger partial charge in [-0.2, -0.15) is 0 Å². The van der Waals surface area contributed by atoms with Gasteiger partial charge in [-0.15, -0.1) is 0 Å². The molecule has 0 heterocycles. The summed E-state index contributed by atoms with van der Waals surface area (Å²) in [5.74, 6) is 2.85. The molecule has 4 nitrogen and oxygen atoms in total. The minimum absolute atomic E-state index is 0.203. The van der Waals surface area contributed by atoms with Crippen LogP contribution in [0.15, 0.2) is 0 Å². The molecule has 2 bridgehead atoms. The Hall–Kier alpha value is -1.06. The average Bonchev–Trinajstić information content (AvgIpc) is 2.77. The van der Waals surface area contributed by atoms with E-state index >= 15 is 0 Å². The number of hydrogen-bond acceptors (Lipinski definition) is 2. The third kappa shape index (κ3) is 2.02. The van der Waals surface area contributed by atoms with Crippen LogP contribution in [0, 0.1) is 29.6 Å². The molecule has 3 aliphatic rings. The van der Waals surface area contributed by atoms with Gasteiger partial charge >= 0.3 is 5.97 Å². The molecule has 3 aliphatic carbocycles. The summed E-state index contributed by atoms with van der Waals surface area (Å²) in [5.41, 5.74) is 0. The van der Waals surface area contributed by atoms with E-state index in [1.807, 2.05) is 0 Å². The molecule has 0 aromatic heterocycles. The SMILES string of the molecule is O=C(O)CCCCNC(=O)C1C2C3CCC(C3)C12. The molecular formula is C14H21NO3. The summed E-state index contributed by atoms with van der Waals surface area (Å²) in [7, 11) is 0. The number of unbranched alkanes of at least 4 members (excludes halogenated alkanes) is 1. The van der Waals surface area contributed by atoms with Crippen LogP contribution in [-0.4, -0.2) is 23.5 Å². The number of fused-ring (bicyclic) bond motifs is 5. The van der Waals surface area contributed by atoms with Crippen LogP contribution in [-0.2, 0) is 9.59 Å². The predicted molar refractivity (Wildman–Crippen MR) is 65.8 cm³/mol. The highest BCUT2D eigenvalue weighted by atomic mass is 16.4. The normalized spacial score (nSPS) is 39.4. The number of aliphatic carboxylic acids is 1. The van der Waals surface area contributed by atoms with Crippen molar-refractivity contribution in [3.63, 3.8) is 0 Å². The van der Waals surface area contributed by atoms with E-state index in [9.17, 15) is 9.59 Å². The van der Waals surface area contributed by atoms with Gasteiger partial charge in [-0.05, 0) is 55.8 Å². The predicted octanol–water partition coefficient (Wildman–Crippen LogP) is 1.65. The van der Waals surface area contributed by atoms with Crippen LogP contribution in [0.25, 0.3) is 0 Å². The molecule has 0 aromatic rings. The van der Waals surface area contributed by atoms with Crippen LogP contribution in [0.2, 0.25) is 0 Å². The summed E-state index contributed by atoms with van der Waals surface area (Å²) in [6.07, 6.45) is 5.68. The fraction of sp³-hybridized carbons (Fsp3) is 0.857. The summed E-state index contributed by atoms with van der Waals surface area (Å²) in [5, 5.41) is 11.5. The lowest BCUT2D eigenvalue weighted by Crippen LogP contribution is -2.28. The van der Waals surface area contributed by atoms with Crippen LogP contribution in [0.4, 0.5) is 0 Å². The number of carbonyl (C=O) groups excluding carboxylic acids is 1. The fourth-order valence-electron chi connectivity index (χ4n) is 4.41. The maximum Gasteiger partial charge on any atom is 0.303 e. The standard InChI is InChI=1S/C14H21NO3/c16-10(17)3-1-2-6-15-14(18)13-11-8-4-5-9(7-8)12(11)13/h8-9,11-13H,1-7H2,(H,15,18)(H,16,17). The second-order valence-corrected chi connectivity index (χ2v) is 6.16. The number of amides is 1. The Balaban J connectivity index is 1.35. The van der Waals surface area contributed by atoms with Gasteiger partial charge in [0.1, 0.15) is 0 Å². The zero-order valence-electron chi connectivity index (χ0n) is 10.6. The van der Waals surface area contributed by atoms with Crippen LogP contribution in [0.5, 0.6) is 0 Å². The van der Waals surface area contributed by atoms with E-state index in [1.54, 1.807) is 0 Å². The van der Waals surface area contributed by atoms with Gasteiger partial charge in [0.25, 0.3) is 0 Å². The van der Waals surface area contributed by atoms with Gasteiger partial charge in [-0.3, -0.25) is 9.59 Å². The Bertz CT molecular complexity index is 352.